The van der Waals surface area contributed by atoms with Crippen LogP contribution in [0.25, 0.3) is 99.0 Å². The van der Waals surface area contributed by atoms with Gasteiger partial charge in [0.2, 0.25) is 0 Å². The molecule has 0 bridgehead atoms. The summed E-state index contributed by atoms with van der Waals surface area (Å²) in [7, 11) is 0. The van der Waals surface area contributed by atoms with Crippen LogP contribution in [0.1, 0.15) is 48.1 Å². The quantitative estimate of drug-likeness (QED) is 0.140. The van der Waals surface area contributed by atoms with E-state index in [1.807, 2.05) is 0 Å². The minimum atomic E-state index is -0.356. The fourth-order valence-electron chi connectivity index (χ4n) is 13.4. The normalized spacial score (nSPS) is 15.8. The van der Waals surface area contributed by atoms with E-state index in [1.165, 1.54) is 115 Å². The highest BCUT2D eigenvalue weighted by Crippen LogP contribution is 2.53. The first-order valence-corrected chi connectivity index (χ1v) is 27.1. The van der Waals surface area contributed by atoms with Crippen LogP contribution in [-0.4, -0.2) is 0 Å². The molecule has 2 aliphatic carbocycles. The lowest BCUT2D eigenvalue weighted by molar-refractivity contribution is 0.390. The van der Waals surface area contributed by atoms with E-state index in [0.717, 1.165) is 29.9 Å². The summed E-state index contributed by atoms with van der Waals surface area (Å²) >= 11 is 0. The van der Waals surface area contributed by atoms with E-state index in [2.05, 4.69) is 296 Å². The zero-order valence-electron chi connectivity index (χ0n) is 42.9. The van der Waals surface area contributed by atoms with Crippen molar-refractivity contribution in [3.63, 3.8) is 0 Å². The molecule has 77 heavy (non-hydrogen) atoms. The first-order valence-electron chi connectivity index (χ1n) is 27.1. The van der Waals surface area contributed by atoms with Crippen LogP contribution >= 0.6 is 0 Å². The van der Waals surface area contributed by atoms with Gasteiger partial charge in [-0.15, -0.1) is 0 Å². The van der Waals surface area contributed by atoms with Crippen molar-refractivity contribution in [3.05, 3.63) is 289 Å². The van der Waals surface area contributed by atoms with Crippen molar-refractivity contribution in [1.29, 1.82) is 0 Å². The van der Waals surface area contributed by atoms with Gasteiger partial charge >= 0.3 is 0 Å². The molecule has 2 unspecified atom stereocenters. The second-order valence-electron chi connectivity index (χ2n) is 21.3. The van der Waals surface area contributed by atoms with Crippen LogP contribution in [0.4, 0.5) is 22.7 Å². The van der Waals surface area contributed by atoms with Crippen molar-refractivity contribution >= 4 is 99.5 Å². The Morgan fingerprint density at radius 3 is 1.49 bits per heavy atom. The zero-order valence-corrected chi connectivity index (χ0v) is 42.9. The lowest BCUT2D eigenvalue weighted by atomic mass is 9.77. The van der Waals surface area contributed by atoms with Crippen molar-refractivity contribution in [2.75, 3.05) is 9.80 Å². The van der Waals surface area contributed by atoms with Gasteiger partial charge in [0.05, 0.1) is 23.0 Å². The molecule has 364 valence electrons. The molecular formula is C75H54N2. The van der Waals surface area contributed by atoms with Crippen molar-refractivity contribution in [1.82, 2.24) is 0 Å². The average molecular weight is 983 g/mol. The molecule has 13 aromatic carbocycles. The molecule has 0 aliphatic heterocycles. The van der Waals surface area contributed by atoms with Crippen molar-refractivity contribution < 1.29 is 0 Å². The Bertz CT molecular complexity index is 4490. The minimum absolute atomic E-state index is 0.0967. The molecule has 0 saturated carbocycles. The summed E-state index contributed by atoms with van der Waals surface area (Å²) in [6, 6.07) is 95.7. The van der Waals surface area contributed by atoms with Crippen LogP contribution < -0.4 is 9.80 Å². The van der Waals surface area contributed by atoms with Gasteiger partial charge < -0.3 is 9.80 Å². The third-order valence-electron chi connectivity index (χ3n) is 16.9. The standard InChI is InChI=1S/C75H54N2/c1-75(45-17-29-55-23-9-13-33-69(55)75)77(72-36-16-28-54-22-8-12-32-64(54)72)61-42-44-66-68(49-61)74(59-40-38-51-19-3-5-25-57(51)47-59)65-43-41-60(48-67(65)73(66)58-39-37-50-18-2-4-24-56(50)46-58)76(70-34-14-26-52-20-6-10-30-62(52)70)71-35-15-27-53-21-7-11-31-63(53)71/h2-35,37-44,46-49,72H,36,45H2,1H3. The van der Waals surface area contributed by atoms with Gasteiger partial charge in [0.15, 0.2) is 0 Å². The molecule has 2 aliphatic rings. The Labute approximate surface area is 449 Å². The monoisotopic (exact) mass is 982 g/mol. The van der Waals surface area contributed by atoms with Gasteiger partial charge in [-0.05, 0) is 167 Å². The van der Waals surface area contributed by atoms with Gasteiger partial charge in [-0.25, -0.2) is 0 Å². The molecule has 2 atom stereocenters. The van der Waals surface area contributed by atoms with Crippen molar-refractivity contribution in [2.24, 2.45) is 0 Å². The molecule has 0 saturated heterocycles. The molecule has 0 heterocycles. The second-order valence-corrected chi connectivity index (χ2v) is 21.3. The Morgan fingerprint density at radius 2 is 0.857 bits per heavy atom. The average Bonchev–Trinajstić information content (AvgIpc) is 3.68. The summed E-state index contributed by atoms with van der Waals surface area (Å²) in [5.74, 6) is 0. The predicted octanol–water partition coefficient (Wildman–Crippen LogP) is 20.7. The molecule has 0 spiro atoms. The van der Waals surface area contributed by atoms with Crippen LogP contribution in [0.2, 0.25) is 0 Å². The van der Waals surface area contributed by atoms with E-state index in [9.17, 15) is 0 Å². The Hall–Kier alpha value is -9.50. The number of hydrogen-bond acceptors (Lipinski definition) is 2. The van der Waals surface area contributed by atoms with Gasteiger partial charge in [0.25, 0.3) is 0 Å². The Balaban J connectivity index is 1.07. The number of hydrogen-bond donors (Lipinski definition) is 0. The van der Waals surface area contributed by atoms with Crippen LogP contribution in [0.15, 0.2) is 267 Å². The SMILES string of the molecule is CC1(N(c2ccc3c(-c4ccc5ccccc5c4)c4cc(N(c5cccc6ccccc56)c5cccc6ccccc56)ccc4c(-c4ccc5ccccc5c4)c3c2)C2CC=Cc3ccccc32)CC=Cc2ccccc21. The second kappa shape index (κ2) is 18.1. The third-order valence-corrected chi connectivity index (χ3v) is 16.9. The number of rotatable bonds is 8. The Morgan fingerprint density at radius 1 is 0.364 bits per heavy atom. The molecule has 0 amide bonds. The number of benzene rings is 13. The van der Waals surface area contributed by atoms with Crippen LogP contribution in [0.5, 0.6) is 0 Å². The molecular weight excluding hydrogens is 929 g/mol. The highest BCUT2D eigenvalue weighted by molar-refractivity contribution is 6.23. The summed E-state index contributed by atoms with van der Waals surface area (Å²) in [4.78, 5) is 5.29. The number of nitrogens with zero attached hydrogens (tertiary/aromatic N) is 2. The maximum absolute atomic E-state index is 2.79. The molecule has 2 heteroatoms. The van der Waals surface area contributed by atoms with Crippen molar-refractivity contribution in [3.8, 4) is 22.3 Å². The highest BCUT2D eigenvalue weighted by Gasteiger charge is 2.41. The van der Waals surface area contributed by atoms with E-state index < -0.39 is 0 Å². The summed E-state index contributed by atoms with van der Waals surface area (Å²) < 4.78 is 0. The van der Waals surface area contributed by atoms with Gasteiger partial charge in [-0.1, -0.05) is 231 Å². The molecule has 0 fully saturated rings. The van der Waals surface area contributed by atoms with Gasteiger partial charge in [-0.2, -0.15) is 0 Å². The summed E-state index contributed by atoms with van der Waals surface area (Å²) in [5, 5.41) is 14.6. The third kappa shape index (κ3) is 7.39. The maximum Gasteiger partial charge on any atom is 0.0672 e. The van der Waals surface area contributed by atoms with E-state index in [1.54, 1.807) is 0 Å². The molecule has 0 aromatic heterocycles. The zero-order chi connectivity index (χ0) is 51.0. The van der Waals surface area contributed by atoms with Crippen LogP contribution in [0, 0.1) is 0 Å². The number of anilines is 4. The van der Waals surface area contributed by atoms with Gasteiger partial charge in [-0.3, -0.25) is 0 Å². The molecule has 0 radical (unpaired) electrons. The fraction of sp³-hybridized carbons (Fsp3) is 0.0667. The van der Waals surface area contributed by atoms with Crippen LogP contribution in [0.3, 0.4) is 0 Å². The maximum atomic E-state index is 2.79. The predicted molar refractivity (Wildman–Crippen MR) is 330 cm³/mol. The van der Waals surface area contributed by atoms with Crippen molar-refractivity contribution in [2.45, 2.75) is 31.3 Å². The van der Waals surface area contributed by atoms with E-state index in [0.29, 0.717) is 0 Å². The van der Waals surface area contributed by atoms with Gasteiger partial charge in [0.1, 0.15) is 0 Å². The highest BCUT2D eigenvalue weighted by atomic mass is 15.2. The molecule has 0 N–H and O–H groups in total. The van der Waals surface area contributed by atoms with E-state index in [-0.39, 0.29) is 11.6 Å². The first kappa shape index (κ1) is 44.9. The summed E-state index contributed by atoms with van der Waals surface area (Å²) in [6.07, 6.45) is 11.2. The molecule has 15 rings (SSSR count). The smallest absolute Gasteiger partial charge is 0.0672 e. The first-order chi connectivity index (χ1) is 38.1. The summed E-state index contributed by atoms with van der Waals surface area (Å²) in [5.41, 5.74) is 14.4. The largest absolute Gasteiger partial charge is 0.354 e. The van der Waals surface area contributed by atoms with Crippen LogP contribution in [-0.2, 0) is 5.54 Å². The van der Waals surface area contributed by atoms with E-state index >= 15 is 0 Å². The molecule has 2 nitrogen and oxygen atoms in total. The van der Waals surface area contributed by atoms with E-state index in [4.69, 9.17) is 0 Å². The summed E-state index contributed by atoms with van der Waals surface area (Å²) in [6.45, 7) is 2.48. The lowest BCUT2D eigenvalue weighted by Crippen LogP contribution is -2.47. The van der Waals surface area contributed by atoms with Gasteiger partial charge in [0, 0.05) is 22.1 Å². The lowest BCUT2D eigenvalue weighted by Gasteiger charge is -2.50. The molecule has 13 aromatic rings. The number of fused-ring (bicyclic) bond motifs is 8. The Kier molecular flexibility index (Phi) is 10.6. The fourth-order valence-corrected chi connectivity index (χ4v) is 13.4. The topological polar surface area (TPSA) is 6.48 Å². The minimum Gasteiger partial charge on any atom is -0.354 e.